The van der Waals surface area contributed by atoms with Gasteiger partial charge in [-0.25, -0.2) is 0 Å². The van der Waals surface area contributed by atoms with E-state index in [1.54, 1.807) is 18.2 Å². The molecule has 0 spiro atoms. The number of nitrogens with zero attached hydrogens (tertiary/aromatic N) is 1. The Morgan fingerprint density at radius 1 is 1.40 bits per heavy atom. The molecule has 5 heteroatoms. The van der Waals surface area contributed by atoms with Crippen LogP contribution in [0.25, 0.3) is 0 Å². The summed E-state index contributed by atoms with van der Waals surface area (Å²) in [6.07, 6.45) is 0.473. The van der Waals surface area contributed by atoms with Crippen molar-refractivity contribution in [3.05, 3.63) is 28.8 Å². The number of ketones is 1. The molecule has 2 rings (SSSR count). The highest BCUT2D eigenvalue weighted by atomic mass is 35.5. The minimum atomic E-state index is 0.0717. The Balaban J connectivity index is 1.98. The van der Waals surface area contributed by atoms with E-state index in [-0.39, 0.29) is 5.78 Å². The summed E-state index contributed by atoms with van der Waals surface area (Å²) in [5.41, 5.74) is 0.576. The quantitative estimate of drug-likeness (QED) is 0.757. The molecule has 0 aromatic heterocycles. The van der Waals surface area contributed by atoms with Crippen LogP contribution in [-0.2, 0) is 4.74 Å². The van der Waals surface area contributed by atoms with Crippen molar-refractivity contribution in [2.24, 2.45) is 0 Å². The Bertz CT molecular complexity index is 458. The molecular formula is C15H20ClNO3. The van der Waals surface area contributed by atoms with Gasteiger partial charge in [-0.05, 0) is 25.1 Å². The molecule has 1 saturated heterocycles. The van der Waals surface area contributed by atoms with Crippen LogP contribution in [-0.4, -0.2) is 50.1 Å². The summed E-state index contributed by atoms with van der Waals surface area (Å²) in [5, 5.41) is 0.558. The van der Waals surface area contributed by atoms with Crippen LogP contribution in [0.2, 0.25) is 5.02 Å². The predicted molar refractivity (Wildman–Crippen MR) is 78.8 cm³/mol. The second-order valence-corrected chi connectivity index (χ2v) is 5.14. The fourth-order valence-electron chi connectivity index (χ4n) is 2.22. The summed E-state index contributed by atoms with van der Waals surface area (Å²) >= 11 is 5.98. The van der Waals surface area contributed by atoms with Crippen LogP contribution < -0.4 is 4.74 Å². The van der Waals surface area contributed by atoms with Gasteiger partial charge in [0, 0.05) is 31.1 Å². The molecule has 0 atom stereocenters. The van der Waals surface area contributed by atoms with Crippen molar-refractivity contribution in [1.82, 2.24) is 4.90 Å². The normalized spacial score (nSPS) is 16.1. The lowest BCUT2D eigenvalue weighted by atomic mass is 10.1. The number of hydrogen-bond acceptors (Lipinski definition) is 4. The summed E-state index contributed by atoms with van der Waals surface area (Å²) in [4.78, 5) is 14.6. The first-order valence-electron chi connectivity index (χ1n) is 6.96. The van der Waals surface area contributed by atoms with Crippen LogP contribution >= 0.6 is 11.6 Å². The molecule has 1 fully saturated rings. The topological polar surface area (TPSA) is 38.8 Å². The van der Waals surface area contributed by atoms with Crippen LogP contribution in [0.3, 0.4) is 0 Å². The van der Waals surface area contributed by atoms with Gasteiger partial charge in [-0.3, -0.25) is 9.69 Å². The maximum atomic E-state index is 12.3. The highest BCUT2D eigenvalue weighted by molar-refractivity contribution is 6.31. The van der Waals surface area contributed by atoms with E-state index in [4.69, 9.17) is 21.1 Å². The molecule has 1 aromatic rings. The molecule has 0 aliphatic carbocycles. The van der Waals surface area contributed by atoms with E-state index in [0.717, 1.165) is 32.8 Å². The maximum absolute atomic E-state index is 12.3. The number of Topliss-reactive ketones (excluding diaryl/α,β-unsaturated/α-hetero) is 1. The molecule has 1 heterocycles. The average Bonchev–Trinajstić information content (AvgIpc) is 2.48. The van der Waals surface area contributed by atoms with Gasteiger partial charge in [0.1, 0.15) is 5.75 Å². The van der Waals surface area contributed by atoms with Crippen LogP contribution in [0.5, 0.6) is 5.75 Å². The van der Waals surface area contributed by atoms with E-state index in [1.165, 1.54) is 0 Å². The second kappa shape index (κ2) is 7.62. The molecule has 0 saturated carbocycles. The predicted octanol–water partition coefficient (Wildman–Crippen LogP) is 2.64. The third kappa shape index (κ3) is 4.20. The van der Waals surface area contributed by atoms with Crippen LogP contribution in [0.4, 0.5) is 0 Å². The Morgan fingerprint density at radius 3 is 2.85 bits per heavy atom. The van der Waals surface area contributed by atoms with Crippen LogP contribution in [0, 0.1) is 0 Å². The van der Waals surface area contributed by atoms with Gasteiger partial charge < -0.3 is 9.47 Å². The van der Waals surface area contributed by atoms with E-state index >= 15 is 0 Å². The standard InChI is InChI=1S/C15H20ClNO3/c1-2-20-15-4-3-12(16)11-13(15)14(18)5-6-17-7-9-19-10-8-17/h3-4,11H,2,5-10H2,1H3. The zero-order valence-electron chi connectivity index (χ0n) is 11.7. The Hall–Kier alpha value is -1.10. The number of ether oxygens (including phenoxy) is 2. The lowest BCUT2D eigenvalue weighted by Gasteiger charge is -2.26. The minimum Gasteiger partial charge on any atom is -0.493 e. The second-order valence-electron chi connectivity index (χ2n) is 4.70. The smallest absolute Gasteiger partial charge is 0.167 e. The average molecular weight is 298 g/mol. The maximum Gasteiger partial charge on any atom is 0.167 e. The van der Waals surface area contributed by atoms with E-state index in [0.29, 0.717) is 29.4 Å². The fraction of sp³-hybridized carbons (Fsp3) is 0.533. The number of carbonyl (C=O) groups is 1. The van der Waals surface area contributed by atoms with Gasteiger partial charge in [0.15, 0.2) is 5.78 Å². The monoisotopic (exact) mass is 297 g/mol. The fourth-order valence-corrected chi connectivity index (χ4v) is 2.39. The highest BCUT2D eigenvalue weighted by Gasteiger charge is 2.16. The molecule has 4 nitrogen and oxygen atoms in total. The Kier molecular flexibility index (Phi) is 5.83. The van der Waals surface area contributed by atoms with Gasteiger partial charge in [0.25, 0.3) is 0 Å². The highest BCUT2D eigenvalue weighted by Crippen LogP contribution is 2.24. The van der Waals surface area contributed by atoms with Crippen molar-refractivity contribution in [3.8, 4) is 5.75 Å². The van der Waals surface area contributed by atoms with E-state index in [1.807, 2.05) is 6.92 Å². The first-order valence-corrected chi connectivity index (χ1v) is 7.34. The lowest BCUT2D eigenvalue weighted by Crippen LogP contribution is -2.37. The van der Waals surface area contributed by atoms with Gasteiger partial charge in [0.2, 0.25) is 0 Å². The van der Waals surface area contributed by atoms with Crippen LogP contribution in [0.1, 0.15) is 23.7 Å². The van der Waals surface area contributed by atoms with Gasteiger partial charge in [0.05, 0.1) is 25.4 Å². The number of benzene rings is 1. The summed E-state index contributed by atoms with van der Waals surface area (Å²) in [6, 6.07) is 5.19. The van der Waals surface area contributed by atoms with Gasteiger partial charge in [-0.1, -0.05) is 11.6 Å². The summed E-state index contributed by atoms with van der Waals surface area (Å²) in [7, 11) is 0. The molecule has 110 valence electrons. The van der Waals surface area contributed by atoms with Gasteiger partial charge >= 0.3 is 0 Å². The summed E-state index contributed by atoms with van der Waals surface area (Å²) < 4.78 is 10.8. The largest absolute Gasteiger partial charge is 0.493 e. The number of rotatable bonds is 6. The van der Waals surface area contributed by atoms with Gasteiger partial charge in [-0.15, -0.1) is 0 Å². The number of hydrogen-bond donors (Lipinski definition) is 0. The molecule has 0 unspecified atom stereocenters. The number of halogens is 1. The zero-order chi connectivity index (χ0) is 14.4. The number of morpholine rings is 1. The summed E-state index contributed by atoms with van der Waals surface area (Å²) in [6.45, 7) is 6.45. The first-order chi connectivity index (χ1) is 9.70. The number of carbonyl (C=O) groups excluding carboxylic acids is 1. The van der Waals surface area contributed by atoms with E-state index in [2.05, 4.69) is 4.90 Å². The van der Waals surface area contributed by atoms with E-state index < -0.39 is 0 Å². The van der Waals surface area contributed by atoms with Crippen molar-refractivity contribution in [3.63, 3.8) is 0 Å². The molecule has 20 heavy (non-hydrogen) atoms. The third-order valence-corrected chi connectivity index (χ3v) is 3.54. The summed E-state index contributed by atoms with van der Waals surface area (Å²) in [5.74, 6) is 0.686. The molecule has 0 radical (unpaired) electrons. The molecule has 0 N–H and O–H groups in total. The van der Waals surface area contributed by atoms with E-state index in [9.17, 15) is 4.79 Å². The van der Waals surface area contributed by atoms with Crippen molar-refractivity contribution in [2.75, 3.05) is 39.5 Å². The zero-order valence-corrected chi connectivity index (χ0v) is 12.5. The molecule has 0 bridgehead atoms. The molecule has 1 aliphatic heterocycles. The lowest BCUT2D eigenvalue weighted by molar-refractivity contribution is 0.0370. The van der Waals surface area contributed by atoms with Crippen molar-refractivity contribution in [1.29, 1.82) is 0 Å². The molecule has 1 aromatic carbocycles. The molecule has 1 aliphatic rings. The SMILES string of the molecule is CCOc1ccc(Cl)cc1C(=O)CCN1CCOCC1. The molecular weight excluding hydrogens is 278 g/mol. The van der Waals surface area contributed by atoms with Crippen LogP contribution in [0.15, 0.2) is 18.2 Å². The third-order valence-electron chi connectivity index (χ3n) is 3.30. The van der Waals surface area contributed by atoms with Crippen molar-refractivity contribution < 1.29 is 14.3 Å². The molecule has 0 amide bonds. The van der Waals surface area contributed by atoms with Crippen molar-refractivity contribution in [2.45, 2.75) is 13.3 Å². The Labute approximate surface area is 124 Å². The van der Waals surface area contributed by atoms with Gasteiger partial charge in [-0.2, -0.15) is 0 Å². The minimum absolute atomic E-state index is 0.0717. The van der Waals surface area contributed by atoms with Crippen molar-refractivity contribution >= 4 is 17.4 Å². The first kappa shape index (κ1) is 15.3. The Morgan fingerprint density at radius 2 is 2.15 bits per heavy atom.